The van der Waals surface area contributed by atoms with E-state index in [9.17, 15) is 17.6 Å². The maximum atomic E-state index is 15.3. The fourth-order valence-electron chi connectivity index (χ4n) is 7.92. The summed E-state index contributed by atoms with van der Waals surface area (Å²) in [4.78, 5) is 0. The lowest BCUT2D eigenvalue weighted by Gasteiger charge is -2.39. The van der Waals surface area contributed by atoms with Crippen LogP contribution in [0.1, 0.15) is 120 Å². The molecule has 5 rings (SSSR count). The van der Waals surface area contributed by atoms with Crippen LogP contribution in [-0.2, 0) is 0 Å². The molecule has 3 aliphatic carbocycles. The van der Waals surface area contributed by atoms with Gasteiger partial charge in [0, 0.05) is 6.07 Å². The second kappa shape index (κ2) is 13.9. The van der Waals surface area contributed by atoms with E-state index in [0.29, 0.717) is 49.5 Å². The molecule has 0 spiro atoms. The lowest BCUT2D eigenvalue weighted by atomic mass is 9.68. The maximum Gasteiger partial charge on any atom is 0.400 e. The van der Waals surface area contributed by atoms with Gasteiger partial charge in [-0.15, -0.1) is 0 Å². The molecule has 230 valence electrons. The standard InChI is InChI=1S/C36H45F5O/c1-2-3-4-5-24-6-8-27(9-7-24)29-16-20-32(34(38)22-29)28-12-10-25(11-13-28)26-14-17-30(18-15-26)36(40,41)42-31-19-21-33(37)35(39)23-31/h3-4,16,19-28,30H,2,5-15,17-18H2,1H3. The molecule has 2 aromatic rings. The van der Waals surface area contributed by atoms with Crippen molar-refractivity contribution >= 4 is 0 Å². The molecular weight excluding hydrogens is 543 g/mol. The van der Waals surface area contributed by atoms with E-state index in [-0.39, 0.29) is 17.5 Å². The Bertz CT molecular complexity index is 1190. The van der Waals surface area contributed by atoms with Gasteiger partial charge in [-0.25, -0.2) is 13.2 Å². The molecule has 3 saturated carbocycles. The first-order valence-corrected chi connectivity index (χ1v) is 16.2. The topological polar surface area (TPSA) is 9.23 Å². The molecule has 0 aliphatic heterocycles. The molecule has 0 aromatic heterocycles. The Labute approximate surface area is 247 Å². The Morgan fingerprint density at radius 3 is 1.95 bits per heavy atom. The molecule has 0 N–H and O–H groups in total. The highest BCUT2D eigenvalue weighted by atomic mass is 19.3. The van der Waals surface area contributed by atoms with Crippen LogP contribution in [0.3, 0.4) is 0 Å². The molecule has 1 nitrogen and oxygen atoms in total. The first-order chi connectivity index (χ1) is 20.2. The highest BCUT2D eigenvalue weighted by Crippen LogP contribution is 2.47. The minimum Gasteiger partial charge on any atom is -0.432 e. The molecule has 2 aromatic carbocycles. The third kappa shape index (κ3) is 7.58. The molecule has 3 fully saturated rings. The number of hydrogen-bond donors (Lipinski definition) is 0. The monoisotopic (exact) mass is 588 g/mol. The van der Waals surface area contributed by atoms with Crippen LogP contribution in [-0.4, -0.2) is 6.11 Å². The van der Waals surface area contributed by atoms with Crippen molar-refractivity contribution < 1.29 is 26.7 Å². The average Bonchev–Trinajstić information content (AvgIpc) is 2.99. The second-order valence-corrected chi connectivity index (χ2v) is 13.1. The van der Waals surface area contributed by atoms with Crippen molar-refractivity contribution in [1.82, 2.24) is 0 Å². The van der Waals surface area contributed by atoms with E-state index < -0.39 is 23.7 Å². The van der Waals surface area contributed by atoms with Gasteiger partial charge in [-0.1, -0.05) is 31.2 Å². The van der Waals surface area contributed by atoms with Crippen LogP contribution in [0.2, 0.25) is 0 Å². The van der Waals surface area contributed by atoms with Crippen molar-refractivity contribution in [2.75, 3.05) is 0 Å². The van der Waals surface area contributed by atoms with Crippen LogP contribution in [0.4, 0.5) is 22.0 Å². The Hall–Kier alpha value is -2.37. The minimum atomic E-state index is -3.43. The molecule has 0 saturated heterocycles. The third-order valence-electron chi connectivity index (χ3n) is 10.5. The number of hydrogen-bond acceptors (Lipinski definition) is 1. The predicted molar refractivity (Wildman–Crippen MR) is 157 cm³/mol. The Morgan fingerprint density at radius 2 is 1.33 bits per heavy atom. The maximum absolute atomic E-state index is 15.3. The summed E-state index contributed by atoms with van der Waals surface area (Å²) in [7, 11) is 0. The summed E-state index contributed by atoms with van der Waals surface area (Å²) in [6.07, 6.45) is 14.1. The van der Waals surface area contributed by atoms with E-state index in [1.807, 2.05) is 6.07 Å². The molecule has 0 heterocycles. The SMILES string of the molecule is CCC=CCC1CCC(c2ccc(C3CCC(C4CCC(C(F)(F)Oc5ccc(F)c(F)c5)CC4)CC3)c(F)c2)CC1. The van der Waals surface area contributed by atoms with Crippen molar-refractivity contribution in [1.29, 1.82) is 0 Å². The lowest BCUT2D eigenvalue weighted by molar-refractivity contribution is -0.224. The summed E-state index contributed by atoms with van der Waals surface area (Å²) < 4.78 is 76.4. The fourth-order valence-corrected chi connectivity index (χ4v) is 7.92. The van der Waals surface area contributed by atoms with Crippen LogP contribution < -0.4 is 4.74 Å². The molecule has 42 heavy (non-hydrogen) atoms. The van der Waals surface area contributed by atoms with Crippen molar-refractivity contribution in [3.8, 4) is 5.75 Å². The number of benzene rings is 2. The van der Waals surface area contributed by atoms with Gasteiger partial charge in [0.15, 0.2) is 11.6 Å². The van der Waals surface area contributed by atoms with Gasteiger partial charge >= 0.3 is 6.11 Å². The van der Waals surface area contributed by atoms with E-state index in [4.69, 9.17) is 4.74 Å². The quantitative estimate of drug-likeness (QED) is 0.209. The number of allylic oxidation sites excluding steroid dienone is 2. The minimum absolute atomic E-state index is 0.0623. The summed E-state index contributed by atoms with van der Waals surface area (Å²) in [5, 5.41) is 0. The lowest BCUT2D eigenvalue weighted by Crippen LogP contribution is -2.38. The van der Waals surface area contributed by atoms with Crippen LogP contribution >= 0.6 is 0 Å². The van der Waals surface area contributed by atoms with E-state index in [0.717, 1.165) is 74.1 Å². The van der Waals surface area contributed by atoms with Gasteiger partial charge in [0.25, 0.3) is 0 Å². The first-order valence-electron chi connectivity index (χ1n) is 16.2. The molecule has 0 atom stereocenters. The van der Waals surface area contributed by atoms with Crippen molar-refractivity contribution in [2.45, 2.75) is 115 Å². The molecule has 0 bridgehead atoms. The second-order valence-electron chi connectivity index (χ2n) is 13.1. The first kappa shape index (κ1) is 31.1. The summed E-state index contributed by atoms with van der Waals surface area (Å²) in [6, 6.07) is 8.50. The van der Waals surface area contributed by atoms with Crippen molar-refractivity contribution in [3.05, 3.63) is 77.1 Å². The highest BCUT2D eigenvalue weighted by molar-refractivity contribution is 5.30. The predicted octanol–water partition coefficient (Wildman–Crippen LogP) is 11.5. The van der Waals surface area contributed by atoms with Crippen LogP contribution in [0.5, 0.6) is 5.75 Å². The van der Waals surface area contributed by atoms with Crippen molar-refractivity contribution in [2.24, 2.45) is 23.7 Å². The zero-order valence-corrected chi connectivity index (χ0v) is 24.8. The Morgan fingerprint density at radius 1 is 0.690 bits per heavy atom. The van der Waals surface area contributed by atoms with E-state index in [2.05, 4.69) is 25.1 Å². The van der Waals surface area contributed by atoms with Gasteiger partial charge in [-0.05, 0) is 149 Å². The van der Waals surface area contributed by atoms with E-state index in [1.165, 1.54) is 19.3 Å². The van der Waals surface area contributed by atoms with Gasteiger partial charge in [0.05, 0.1) is 5.92 Å². The largest absolute Gasteiger partial charge is 0.432 e. The highest BCUT2D eigenvalue weighted by Gasteiger charge is 2.45. The average molecular weight is 589 g/mol. The number of ether oxygens (including phenoxy) is 1. The zero-order valence-electron chi connectivity index (χ0n) is 24.8. The Kier molecular flexibility index (Phi) is 10.3. The van der Waals surface area contributed by atoms with E-state index >= 15 is 4.39 Å². The number of alkyl halides is 2. The molecular formula is C36H45F5O. The number of halogens is 5. The third-order valence-corrected chi connectivity index (χ3v) is 10.5. The summed E-state index contributed by atoms with van der Waals surface area (Å²) >= 11 is 0. The molecule has 3 aliphatic rings. The van der Waals surface area contributed by atoms with Gasteiger partial charge in [-0.3, -0.25) is 0 Å². The summed E-state index contributed by atoms with van der Waals surface area (Å²) in [5.74, 6) is -1.35. The van der Waals surface area contributed by atoms with Gasteiger partial charge in [-0.2, -0.15) is 8.78 Å². The molecule has 0 unspecified atom stereocenters. The van der Waals surface area contributed by atoms with Gasteiger partial charge < -0.3 is 4.74 Å². The molecule has 0 amide bonds. The normalized spacial score (nSPS) is 29.1. The summed E-state index contributed by atoms with van der Waals surface area (Å²) in [5.41, 5.74) is 1.99. The van der Waals surface area contributed by atoms with Crippen molar-refractivity contribution in [3.63, 3.8) is 0 Å². The van der Waals surface area contributed by atoms with Gasteiger partial charge in [0.2, 0.25) is 0 Å². The number of rotatable bonds is 9. The van der Waals surface area contributed by atoms with E-state index in [1.54, 1.807) is 6.07 Å². The molecule has 6 heteroatoms. The molecule has 0 radical (unpaired) electrons. The summed E-state index contributed by atoms with van der Waals surface area (Å²) in [6.45, 7) is 2.16. The van der Waals surface area contributed by atoms with Gasteiger partial charge in [0.1, 0.15) is 11.6 Å². The smallest absolute Gasteiger partial charge is 0.400 e. The zero-order chi connectivity index (χ0) is 29.7. The van der Waals surface area contributed by atoms with Crippen LogP contribution in [0.15, 0.2) is 48.6 Å². The fraction of sp³-hybridized carbons (Fsp3) is 0.611. The van der Waals surface area contributed by atoms with Crippen LogP contribution in [0, 0.1) is 41.1 Å². The Balaban J connectivity index is 1.08. The van der Waals surface area contributed by atoms with Crippen LogP contribution in [0.25, 0.3) is 0 Å².